The molecule has 1 saturated heterocycles. The van der Waals surface area contributed by atoms with E-state index in [0.29, 0.717) is 18.4 Å². The summed E-state index contributed by atoms with van der Waals surface area (Å²) in [5, 5.41) is -0.821. The third-order valence-electron chi connectivity index (χ3n) is 3.62. The molecule has 0 spiro atoms. The van der Waals surface area contributed by atoms with Gasteiger partial charge in [-0.25, -0.2) is 8.42 Å². The molecule has 0 N–H and O–H groups in total. The molecule has 19 heavy (non-hydrogen) atoms. The van der Waals surface area contributed by atoms with Gasteiger partial charge in [-0.15, -0.1) is 0 Å². The summed E-state index contributed by atoms with van der Waals surface area (Å²) in [5.74, 6) is -0.0735. The number of hydrogen-bond acceptors (Lipinski definition) is 3. The number of benzene rings is 1. The normalized spacial score (nSPS) is 22.1. The zero-order chi connectivity index (χ0) is 13.9. The van der Waals surface area contributed by atoms with Gasteiger partial charge in [-0.2, -0.15) is 0 Å². The van der Waals surface area contributed by atoms with Gasteiger partial charge in [0.05, 0.1) is 5.75 Å². The van der Waals surface area contributed by atoms with Crippen molar-refractivity contribution in [3.05, 3.63) is 35.4 Å². The van der Waals surface area contributed by atoms with Crippen LogP contribution < -0.4 is 0 Å². The molecule has 4 heteroatoms. The molecule has 1 aliphatic heterocycles. The molecule has 0 aliphatic carbocycles. The Kier molecular flexibility index (Phi) is 4.40. The smallest absolute Gasteiger partial charge is 0.180 e. The fourth-order valence-corrected chi connectivity index (χ4v) is 4.48. The first-order valence-corrected chi connectivity index (χ1v) is 8.61. The van der Waals surface area contributed by atoms with E-state index in [9.17, 15) is 13.2 Å². The van der Waals surface area contributed by atoms with Gasteiger partial charge in [0, 0.05) is 5.56 Å². The number of aryl methyl sites for hydroxylation is 1. The van der Waals surface area contributed by atoms with Crippen LogP contribution in [0.25, 0.3) is 0 Å². The van der Waals surface area contributed by atoms with Crippen molar-refractivity contribution in [3.63, 3.8) is 0 Å². The predicted molar refractivity (Wildman–Crippen MR) is 76.2 cm³/mol. The Labute approximate surface area is 114 Å². The topological polar surface area (TPSA) is 51.2 Å². The zero-order valence-corrected chi connectivity index (χ0v) is 12.1. The second-order valence-corrected chi connectivity index (χ2v) is 7.47. The SMILES string of the molecule is CCCc1cccc(C(=O)C2CCCCS2(=O)=O)c1. The summed E-state index contributed by atoms with van der Waals surface area (Å²) in [7, 11) is -3.25. The monoisotopic (exact) mass is 280 g/mol. The Morgan fingerprint density at radius 2 is 2.11 bits per heavy atom. The van der Waals surface area contributed by atoms with Crippen LogP contribution in [0.15, 0.2) is 24.3 Å². The number of carbonyl (C=O) groups is 1. The van der Waals surface area contributed by atoms with Gasteiger partial charge in [-0.1, -0.05) is 38.0 Å². The Balaban J connectivity index is 2.26. The molecule has 0 saturated carbocycles. The fourth-order valence-electron chi connectivity index (χ4n) is 2.60. The van der Waals surface area contributed by atoms with Crippen molar-refractivity contribution in [3.8, 4) is 0 Å². The van der Waals surface area contributed by atoms with Crippen molar-refractivity contribution in [2.45, 2.75) is 44.3 Å². The minimum absolute atomic E-state index is 0.151. The fraction of sp³-hybridized carbons (Fsp3) is 0.533. The minimum atomic E-state index is -3.25. The van der Waals surface area contributed by atoms with Crippen LogP contribution in [0.3, 0.4) is 0 Å². The molecule has 3 nitrogen and oxygen atoms in total. The first-order valence-electron chi connectivity index (χ1n) is 6.89. The summed E-state index contributed by atoms with van der Waals surface area (Å²) in [6, 6.07) is 7.39. The van der Waals surface area contributed by atoms with Gasteiger partial charge in [-0.05, 0) is 30.9 Å². The van der Waals surface area contributed by atoms with Gasteiger partial charge < -0.3 is 0 Å². The number of ketones is 1. The number of sulfone groups is 1. The number of hydrogen-bond donors (Lipinski definition) is 0. The van der Waals surface area contributed by atoms with Crippen molar-refractivity contribution in [1.29, 1.82) is 0 Å². The van der Waals surface area contributed by atoms with E-state index in [1.807, 2.05) is 18.2 Å². The highest BCUT2D eigenvalue weighted by atomic mass is 32.2. The Bertz CT molecular complexity index is 561. The zero-order valence-electron chi connectivity index (χ0n) is 11.3. The quantitative estimate of drug-likeness (QED) is 0.797. The molecule has 104 valence electrons. The summed E-state index contributed by atoms with van der Waals surface area (Å²) in [6.45, 7) is 2.08. The highest BCUT2D eigenvalue weighted by Crippen LogP contribution is 2.23. The summed E-state index contributed by atoms with van der Waals surface area (Å²) >= 11 is 0. The number of carbonyl (C=O) groups excluding carboxylic acids is 1. The van der Waals surface area contributed by atoms with Crippen LogP contribution in [0.1, 0.15) is 48.5 Å². The van der Waals surface area contributed by atoms with Gasteiger partial charge in [0.2, 0.25) is 0 Å². The van der Waals surface area contributed by atoms with E-state index in [0.717, 1.165) is 24.8 Å². The standard InChI is InChI=1S/C15H20O3S/c1-2-6-12-7-5-8-13(11-12)15(16)14-9-3-4-10-19(14,17)18/h5,7-8,11,14H,2-4,6,9-10H2,1H3. The highest BCUT2D eigenvalue weighted by molar-refractivity contribution is 7.92. The summed E-state index contributed by atoms with van der Waals surface area (Å²) < 4.78 is 24.0. The second kappa shape index (κ2) is 5.87. The van der Waals surface area contributed by atoms with Crippen LogP contribution >= 0.6 is 0 Å². The maximum atomic E-state index is 12.4. The van der Waals surface area contributed by atoms with Crippen LogP contribution in [0, 0.1) is 0 Å². The van der Waals surface area contributed by atoms with Crippen molar-refractivity contribution >= 4 is 15.6 Å². The maximum Gasteiger partial charge on any atom is 0.180 e. The van der Waals surface area contributed by atoms with Gasteiger partial charge in [0.15, 0.2) is 15.6 Å². The number of rotatable bonds is 4. The Morgan fingerprint density at radius 3 is 2.79 bits per heavy atom. The lowest BCUT2D eigenvalue weighted by Crippen LogP contribution is -2.35. The molecule has 1 aromatic rings. The average Bonchev–Trinajstić information content (AvgIpc) is 2.38. The van der Waals surface area contributed by atoms with Crippen LogP contribution in [0.2, 0.25) is 0 Å². The molecule has 2 rings (SSSR count). The van der Waals surface area contributed by atoms with Crippen molar-refractivity contribution in [2.24, 2.45) is 0 Å². The highest BCUT2D eigenvalue weighted by Gasteiger charge is 2.35. The molecule has 0 aromatic heterocycles. The molecule has 0 amide bonds. The van der Waals surface area contributed by atoms with E-state index in [2.05, 4.69) is 6.92 Å². The van der Waals surface area contributed by atoms with Crippen LogP contribution in [-0.4, -0.2) is 25.2 Å². The molecular weight excluding hydrogens is 260 g/mol. The second-order valence-electron chi connectivity index (χ2n) is 5.17. The lowest BCUT2D eigenvalue weighted by atomic mass is 10.0. The first kappa shape index (κ1) is 14.3. The summed E-state index contributed by atoms with van der Waals surface area (Å²) in [6.07, 6.45) is 3.91. The summed E-state index contributed by atoms with van der Waals surface area (Å²) in [4.78, 5) is 12.4. The molecule has 0 radical (unpaired) electrons. The van der Waals surface area contributed by atoms with Crippen LogP contribution in [-0.2, 0) is 16.3 Å². The van der Waals surface area contributed by atoms with E-state index < -0.39 is 15.1 Å². The average molecular weight is 280 g/mol. The molecule has 1 aliphatic rings. The summed E-state index contributed by atoms with van der Waals surface area (Å²) in [5.41, 5.74) is 1.64. The van der Waals surface area contributed by atoms with E-state index in [4.69, 9.17) is 0 Å². The Morgan fingerprint density at radius 1 is 1.32 bits per heavy atom. The minimum Gasteiger partial charge on any atom is -0.293 e. The van der Waals surface area contributed by atoms with Crippen LogP contribution in [0.4, 0.5) is 0 Å². The van der Waals surface area contributed by atoms with Crippen molar-refractivity contribution in [1.82, 2.24) is 0 Å². The van der Waals surface area contributed by atoms with Gasteiger partial charge in [0.1, 0.15) is 5.25 Å². The molecule has 1 heterocycles. The lowest BCUT2D eigenvalue weighted by molar-refractivity contribution is 0.0981. The maximum absolute atomic E-state index is 12.4. The van der Waals surface area contributed by atoms with E-state index in [-0.39, 0.29) is 11.5 Å². The van der Waals surface area contributed by atoms with Gasteiger partial charge in [-0.3, -0.25) is 4.79 Å². The molecule has 1 fully saturated rings. The van der Waals surface area contributed by atoms with Gasteiger partial charge >= 0.3 is 0 Å². The largest absolute Gasteiger partial charge is 0.293 e. The van der Waals surface area contributed by atoms with Crippen molar-refractivity contribution < 1.29 is 13.2 Å². The molecule has 1 unspecified atom stereocenters. The molecule has 1 aromatic carbocycles. The van der Waals surface area contributed by atoms with Crippen LogP contribution in [0.5, 0.6) is 0 Å². The third kappa shape index (κ3) is 3.24. The van der Waals surface area contributed by atoms with Gasteiger partial charge in [0.25, 0.3) is 0 Å². The number of Topliss-reactive ketones (excluding diaryl/α,β-unsaturated/α-hetero) is 1. The van der Waals surface area contributed by atoms with Crippen molar-refractivity contribution in [2.75, 3.05) is 5.75 Å². The van der Waals surface area contributed by atoms with E-state index >= 15 is 0 Å². The third-order valence-corrected chi connectivity index (χ3v) is 5.80. The lowest BCUT2D eigenvalue weighted by Gasteiger charge is -2.21. The molecule has 1 atom stereocenters. The molecule has 0 bridgehead atoms. The molecular formula is C15H20O3S. The van der Waals surface area contributed by atoms with E-state index in [1.54, 1.807) is 6.07 Å². The van der Waals surface area contributed by atoms with E-state index in [1.165, 1.54) is 0 Å². The predicted octanol–water partition coefficient (Wildman–Crippen LogP) is 2.79. The Hall–Kier alpha value is -1.16. The first-order chi connectivity index (χ1) is 9.04.